The molecule has 4 N–H and O–H groups in total. The number of hydrogen-bond donors (Lipinski definition) is 4. The van der Waals surface area contributed by atoms with Gasteiger partial charge in [0.2, 0.25) is 11.8 Å². The molecule has 0 saturated carbocycles. The summed E-state index contributed by atoms with van der Waals surface area (Å²) in [7, 11) is 1.76. The number of likely N-dealkylation sites (tertiary alicyclic amines) is 1. The summed E-state index contributed by atoms with van der Waals surface area (Å²) in [5.74, 6) is -0.439. The first-order valence-electron chi connectivity index (χ1n) is 17.1. The van der Waals surface area contributed by atoms with E-state index in [1.165, 1.54) is 0 Å². The van der Waals surface area contributed by atoms with Crippen LogP contribution in [0.5, 0.6) is 0 Å². The van der Waals surface area contributed by atoms with Crippen LogP contribution in [0.3, 0.4) is 0 Å². The Balaban J connectivity index is 1.24. The lowest BCUT2D eigenvalue weighted by atomic mass is 9.97. The molecule has 48 heavy (non-hydrogen) atoms. The van der Waals surface area contributed by atoms with E-state index in [1.54, 1.807) is 12.6 Å². The average Bonchev–Trinajstić information content (AvgIpc) is 3.56. The monoisotopic (exact) mass is 659 g/mol. The maximum Gasteiger partial charge on any atom is 0.243 e. The Labute approximate surface area is 283 Å². The Morgan fingerprint density at radius 1 is 0.917 bits per heavy atom. The number of hydroxylamine groups is 1. The number of hydrogen-bond acceptors (Lipinski definition) is 8. The second-order valence-corrected chi connectivity index (χ2v) is 12.7. The smallest absolute Gasteiger partial charge is 0.243 e. The number of aliphatic hydroxyl groups is 1. The minimum atomic E-state index is -0.531. The molecule has 10 nitrogen and oxygen atoms in total. The molecule has 0 bridgehead atoms. The van der Waals surface area contributed by atoms with Crippen molar-refractivity contribution in [2.24, 2.45) is 0 Å². The Kier molecular flexibility index (Phi) is 13.5. The molecule has 0 aromatic heterocycles. The van der Waals surface area contributed by atoms with Crippen LogP contribution in [0.15, 0.2) is 72.8 Å². The molecule has 10 heteroatoms. The lowest BCUT2D eigenvalue weighted by Gasteiger charge is -2.38. The SMILES string of the molecule is COCC1CCCN1CC1CC(c2ccc(CO)cc2)OC(c2ccc(-c3ccccc3CNC(=O)CCCCCC(=O)NO)cc2)O1. The van der Waals surface area contributed by atoms with Crippen LogP contribution in [0, 0.1) is 0 Å². The van der Waals surface area contributed by atoms with Crippen molar-refractivity contribution in [3.63, 3.8) is 0 Å². The molecule has 258 valence electrons. The molecule has 0 aliphatic carbocycles. The van der Waals surface area contributed by atoms with E-state index in [2.05, 4.69) is 40.5 Å². The van der Waals surface area contributed by atoms with Crippen LogP contribution in [0.1, 0.15) is 86.0 Å². The topological polar surface area (TPSA) is 130 Å². The quantitative estimate of drug-likeness (QED) is 0.0892. The van der Waals surface area contributed by atoms with Gasteiger partial charge in [-0.3, -0.25) is 19.7 Å². The minimum absolute atomic E-state index is 0.00686. The summed E-state index contributed by atoms with van der Waals surface area (Å²) in [5.41, 5.74) is 7.61. The van der Waals surface area contributed by atoms with Gasteiger partial charge in [-0.25, -0.2) is 5.48 Å². The number of carbonyl (C=O) groups excluding carboxylic acids is 2. The third-order valence-corrected chi connectivity index (χ3v) is 9.33. The predicted molar refractivity (Wildman–Crippen MR) is 182 cm³/mol. The molecule has 0 radical (unpaired) electrons. The summed E-state index contributed by atoms with van der Waals surface area (Å²) in [6, 6.07) is 24.7. The van der Waals surface area contributed by atoms with E-state index in [0.717, 1.165) is 78.8 Å². The van der Waals surface area contributed by atoms with Gasteiger partial charge in [0.05, 0.1) is 25.4 Å². The Hall–Kier alpha value is -3.64. The van der Waals surface area contributed by atoms with Crippen LogP contribution in [-0.4, -0.2) is 66.0 Å². The zero-order chi connectivity index (χ0) is 33.7. The molecule has 2 heterocycles. The zero-order valence-electron chi connectivity index (χ0n) is 27.8. The predicted octanol–water partition coefficient (Wildman–Crippen LogP) is 5.57. The molecule has 0 spiro atoms. The van der Waals surface area contributed by atoms with E-state index in [-0.39, 0.29) is 31.1 Å². The second kappa shape index (κ2) is 18.2. The van der Waals surface area contributed by atoms with Gasteiger partial charge in [-0.15, -0.1) is 0 Å². The number of aliphatic hydroxyl groups excluding tert-OH is 1. The number of nitrogens with one attached hydrogen (secondary N) is 2. The molecule has 2 fully saturated rings. The highest BCUT2D eigenvalue weighted by Gasteiger charge is 2.35. The van der Waals surface area contributed by atoms with Crippen LogP contribution in [0.2, 0.25) is 0 Å². The maximum atomic E-state index is 12.5. The number of unbranched alkanes of at least 4 members (excludes halogenated alkanes) is 2. The number of ether oxygens (including phenoxy) is 3. The van der Waals surface area contributed by atoms with Gasteiger partial charge < -0.3 is 24.6 Å². The summed E-state index contributed by atoms with van der Waals surface area (Å²) in [6.07, 6.45) is 5.01. The highest BCUT2D eigenvalue weighted by atomic mass is 16.7. The highest BCUT2D eigenvalue weighted by Crippen LogP contribution is 2.39. The van der Waals surface area contributed by atoms with Gasteiger partial charge >= 0.3 is 0 Å². The van der Waals surface area contributed by atoms with Crippen molar-refractivity contribution in [3.8, 4) is 11.1 Å². The third-order valence-electron chi connectivity index (χ3n) is 9.33. The van der Waals surface area contributed by atoms with Gasteiger partial charge in [0.15, 0.2) is 6.29 Å². The molecule has 2 aliphatic heterocycles. The van der Waals surface area contributed by atoms with Crippen molar-refractivity contribution < 1.29 is 34.1 Å². The molecular weight excluding hydrogens is 610 g/mol. The number of amides is 2. The fraction of sp³-hybridized carbons (Fsp3) is 0.474. The van der Waals surface area contributed by atoms with Gasteiger partial charge in [0.1, 0.15) is 0 Å². The van der Waals surface area contributed by atoms with Crippen molar-refractivity contribution >= 4 is 11.8 Å². The largest absolute Gasteiger partial charge is 0.392 e. The van der Waals surface area contributed by atoms with Crippen molar-refractivity contribution in [2.45, 2.75) is 89.1 Å². The summed E-state index contributed by atoms with van der Waals surface area (Å²) in [5, 5.41) is 21.2. The number of methoxy groups -OCH3 is 1. The van der Waals surface area contributed by atoms with E-state index in [4.69, 9.17) is 19.4 Å². The Morgan fingerprint density at radius 3 is 2.38 bits per heavy atom. The first-order valence-corrected chi connectivity index (χ1v) is 17.1. The van der Waals surface area contributed by atoms with E-state index in [9.17, 15) is 14.7 Å². The van der Waals surface area contributed by atoms with Gasteiger partial charge in [0.25, 0.3) is 0 Å². The number of nitrogens with zero attached hydrogens (tertiary/aromatic N) is 1. The zero-order valence-corrected chi connectivity index (χ0v) is 27.8. The Morgan fingerprint density at radius 2 is 1.65 bits per heavy atom. The fourth-order valence-corrected chi connectivity index (χ4v) is 6.67. The molecule has 3 aromatic carbocycles. The van der Waals surface area contributed by atoms with Crippen LogP contribution in [0.4, 0.5) is 0 Å². The molecule has 2 amide bonds. The van der Waals surface area contributed by atoms with E-state index < -0.39 is 12.2 Å². The van der Waals surface area contributed by atoms with Crippen molar-refractivity contribution in [3.05, 3.63) is 95.1 Å². The van der Waals surface area contributed by atoms with Crippen LogP contribution >= 0.6 is 0 Å². The average molecular weight is 660 g/mol. The first kappa shape index (κ1) is 35.7. The van der Waals surface area contributed by atoms with Gasteiger partial charge in [0, 0.05) is 51.1 Å². The Bertz CT molecular complexity index is 1450. The highest BCUT2D eigenvalue weighted by molar-refractivity contribution is 5.76. The molecule has 3 aromatic rings. The third kappa shape index (κ3) is 9.95. The number of benzene rings is 3. The molecule has 5 rings (SSSR count). The molecule has 2 aliphatic rings. The van der Waals surface area contributed by atoms with Crippen molar-refractivity contribution in [1.82, 2.24) is 15.7 Å². The van der Waals surface area contributed by atoms with Gasteiger partial charge in [-0.1, -0.05) is 79.2 Å². The summed E-state index contributed by atoms with van der Waals surface area (Å²) in [4.78, 5) is 26.1. The fourth-order valence-electron chi connectivity index (χ4n) is 6.67. The standard InChI is InChI=1S/C38H49N3O7/c1-46-26-32-9-7-21-41(32)24-33-22-35(29-15-13-27(25-42)14-16-29)48-38(47-33)30-19-17-28(18-20-30)34-10-6-5-8-31(34)23-39-36(43)11-3-2-4-12-37(44)40-45/h5-6,8,10,13-20,32-33,35,38,42,45H,2-4,7,9,11-12,21-26H2,1H3,(H,39,43)(H,40,44). The van der Waals surface area contributed by atoms with Gasteiger partial charge in [-0.05, 0) is 60.0 Å². The normalized spacial score (nSPS) is 21.2. The van der Waals surface area contributed by atoms with E-state index in [1.807, 2.05) is 42.5 Å². The summed E-state index contributed by atoms with van der Waals surface area (Å²) < 4.78 is 18.7. The molecule has 2 saturated heterocycles. The van der Waals surface area contributed by atoms with Crippen LogP contribution in [0.25, 0.3) is 11.1 Å². The first-order chi connectivity index (χ1) is 23.5. The second-order valence-electron chi connectivity index (χ2n) is 12.7. The maximum absolute atomic E-state index is 12.5. The molecule has 4 atom stereocenters. The molecular formula is C38H49N3O7. The van der Waals surface area contributed by atoms with E-state index in [0.29, 0.717) is 31.8 Å². The van der Waals surface area contributed by atoms with Crippen molar-refractivity contribution in [2.75, 3.05) is 26.8 Å². The lowest BCUT2D eigenvalue weighted by molar-refractivity contribution is -0.253. The van der Waals surface area contributed by atoms with Gasteiger partial charge in [-0.2, -0.15) is 0 Å². The summed E-state index contributed by atoms with van der Waals surface area (Å²) in [6.45, 7) is 3.00. The van der Waals surface area contributed by atoms with E-state index >= 15 is 0 Å². The van der Waals surface area contributed by atoms with Crippen molar-refractivity contribution in [1.29, 1.82) is 0 Å². The lowest BCUT2D eigenvalue weighted by Crippen LogP contribution is -2.42. The van der Waals surface area contributed by atoms with Crippen LogP contribution < -0.4 is 10.8 Å². The number of rotatable bonds is 16. The van der Waals surface area contributed by atoms with Crippen LogP contribution in [-0.2, 0) is 37.0 Å². The number of carbonyl (C=O) groups is 2. The molecule has 4 unspecified atom stereocenters. The summed E-state index contributed by atoms with van der Waals surface area (Å²) >= 11 is 0. The minimum Gasteiger partial charge on any atom is -0.392 e.